The number of hydrogen-bond acceptors (Lipinski definition) is 8. The largest absolute Gasteiger partial charge is 0.370 e. The van der Waals surface area contributed by atoms with Gasteiger partial charge < -0.3 is 15.5 Å². The summed E-state index contributed by atoms with van der Waals surface area (Å²) in [6.45, 7) is 3.75. The molecule has 1 aromatic carbocycles. The summed E-state index contributed by atoms with van der Waals surface area (Å²) in [6.07, 6.45) is 5.88. The molecule has 9 nitrogen and oxygen atoms in total. The second kappa shape index (κ2) is 11.9. The number of hydrogen-bond donors (Lipinski definition) is 2. The average Bonchev–Trinajstić information content (AvgIpc) is 3.38. The first-order valence-corrected chi connectivity index (χ1v) is 13.4. The Kier molecular flexibility index (Phi) is 7.98. The lowest BCUT2D eigenvalue weighted by Crippen LogP contribution is -2.32. The molecule has 194 valence electrons. The third-order valence-corrected chi connectivity index (χ3v) is 7.43. The molecule has 0 unspecified atom stereocenters. The van der Waals surface area contributed by atoms with Gasteiger partial charge >= 0.3 is 0 Å². The van der Waals surface area contributed by atoms with Crippen molar-refractivity contribution in [3.8, 4) is 0 Å². The quantitative estimate of drug-likeness (QED) is 0.350. The van der Waals surface area contributed by atoms with Crippen LogP contribution < -0.4 is 15.5 Å². The topological polar surface area (TPSA) is 113 Å². The molecule has 38 heavy (non-hydrogen) atoms. The fourth-order valence-corrected chi connectivity index (χ4v) is 5.44. The molecule has 1 aliphatic rings. The third kappa shape index (κ3) is 6.77. The van der Waals surface area contributed by atoms with Crippen LogP contribution in [0.1, 0.15) is 40.6 Å². The molecule has 0 bridgehead atoms. The minimum absolute atomic E-state index is 0.0824. The first kappa shape index (κ1) is 25.5. The van der Waals surface area contributed by atoms with Crippen LogP contribution in [0.3, 0.4) is 0 Å². The monoisotopic (exact) mass is 527 g/mol. The lowest BCUT2D eigenvalue weighted by Gasteiger charge is -2.32. The zero-order valence-corrected chi connectivity index (χ0v) is 21.9. The van der Waals surface area contributed by atoms with Crippen LogP contribution in [0.4, 0.5) is 16.6 Å². The lowest BCUT2D eigenvalue weighted by atomic mass is 9.97. The molecule has 2 N–H and O–H groups in total. The van der Waals surface area contributed by atoms with Crippen LogP contribution in [0.2, 0.25) is 0 Å². The van der Waals surface area contributed by atoms with E-state index in [0.29, 0.717) is 29.0 Å². The van der Waals surface area contributed by atoms with Crippen molar-refractivity contribution in [1.29, 1.82) is 0 Å². The number of benzene rings is 1. The highest BCUT2D eigenvalue weighted by atomic mass is 32.1. The van der Waals surface area contributed by atoms with Gasteiger partial charge in [0.1, 0.15) is 10.8 Å². The number of nitrogens with one attached hydrogen (secondary N) is 2. The molecular formula is C28H29N7O2S. The average molecular weight is 528 g/mol. The van der Waals surface area contributed by atoms with Gasteiger partial charge in [-0.2, -0.15) is 0 Å². The van der Waals surface area contributed by atoms with E-state index >= 15 is 0 Å². The maximum atomic E-state index is 12.4. The number of nitrogens with zero attached hydrogens (tertiary/aromatic N) is 5. The lowest BCUT2D eigenvalue weighted by molar-refractivity contribution is -0.116. The number of carbonyl (C=O) groups is 2. The third-order valence-electron chi connectivity index (χ3n) is 6.43. The van der Waals surface area contributed by atoms with Gasteiger partial charge in [-0.1, -0.05) is 47.2 Å². The first-order chi connectivity index (χ1) is 18.5. The fourth-order valence-electron chi connectivity index (χ4n) is 4.51. The molecule has 5 rings (SSSR count). The zero-order valence-electron chi connectivity index (χ0n) is 21.1. The summed E-state index contributed by atoms with van der Waals surface area (Å²) in [7, 11) is 0. The van der Waals surface area contributed by atoms with Gasteiger partial charge in [-0.25, -0.2) is 4.98 Å². The van der Waals surface area contributed by atoms with Crippen LogP contribution >= 0.6 is 11.3 Å². The second-order valence-corrected chi connectivity index (χ2v) is 10.4. The van der Waals surface area contributed by atoms with Crippen molar-refractivity contribution in [2.45, 2.75) is 38.5 Å². The number of pyridine rings is 2. The van der Waals surface area contributed by atoms with E-state index in [1.54, 1.807) is 6.20 Å². The molecule has 0 spiro atoms. The molecule has 1 aliphatic heterocycles. The highest BCUT2D eigenvalue weighted by Gasteiger charge is 2.24. The van der Waals surface area contributed by atoms with Crippen LogP contribution in [0, 0.1) is 6.92 Å². The van der Waals surface area contributed by atoms with Gasteiger partial charge in [0.25, 0.3) is 0 Å². The Morgan fingerprint density at radius 3 is 2.53 bits per heavy atom. The van der Waals surface area contributed by atoms with Crippen molar-refractivity contribution in [1.82, 2.24) is 20.2 Å². The van der Waals surface area contributed by atoms with E-state index < -0.39 is 0 Å². The number of piperidine rings is 1. The Bertz CT molecular complexity index is 1380. The summed E-state index contributed by atoms with van der Waals surface area (Å²) in [5.74, 6) is 0.621. The molecule has 0 aliphatic carbocycles. The van der Waals surface area contributed by atoms with E-state index in [1.807, 2.05) is 67.7 Å². The van der Waals surface area contributed by atoms with E-state index in [-0.39, 0.29) is 18.2 Å². The number of rotatable bonds is 8. The van der Waals surface area contributed by atoms with Crippen molar-refractivity contribution in [3.05, 3.63) is 88.8 Å². The molecule has 0 radical (unpaired) electrons. The van der Waals surface area contributed by atoms with Crippen LogP contribution in [0.5, 0.6) is 0 Å². The van der Waals surface area contributed by atoms with Crippen molar-refractivity contribution < 1.29 is 9.59 Å². The van der Waals surface area contributed by atoms with Crippen LogP contribution in [0.15, 0.2) is 67.0 Å². The highest BCUT2D eigenvalue weighted by molar-refractivity contribution is 7.15. The second-order valence-electron chi connectivity index (χ2n) is 9.37. The number of aromatic nitrogens is 4. The maximum absolute atomic E-state index is 12.4. The van der Waals surface area contributed by atoms with Crippen LogP contribution in [-0.4, -0.2) is 45.1 Å². The Labute approximate surface area is 225 Å². The number of amides is 2. The van der Waals surface area contributed by atoms with Gasteiger partial charge in [0.05, 0.1) is 24.7 Å². The van der Waals surface area contributed by atoms with Gasteiger partial charge in [0.2, 0.25) is 16.9 Å². The molecular weight excluding hydrogens is 498 g/mol. The van der Waals surface area contributed by atoms with E-state index in [0.717, 1.165) is 47.8 Å². The standard InChI is InChI=1S/C28H29N7O2S/c1-19-5-4-6-20(15-19)16-25(36)31-24-9-8-23(18-30-24)35-13-10-21(11-14-35)27-33-34-28(38-27)32-26(37)17-22-7-2-3-12-29-22/h2-9,12,15,18,21H,10-11,13-14,16-17H2,1H3,(H,30,31,36)(H,32,34,37). The van der Waals surface area contributed by atoms with Crippen molar-refractivity contribution in [3.63, 3.8) is 0 Å². The summed E-state index contributed by atoms with van der Waals surface area (Å²) < 4.78 is 0. The van der Waals surface area contributed by atoms with Gasteiger partial charge in [0, 0.05) is 30.9 Å². The smallest absolute Gasteiger partial charge is 0.232 e. The van der Waals surface area contributed by atoms with Crippen LogP contribution in [-0.2, 0) is 22.4 Å². The van der Waals surface area contributed by atoms with Crippen molar-refractivity contribution in [2.75, 3.05) is 28.6 Å². The summed E-state index contributed by atoms with van der Waals surface area (Å²) in [4.78, 5) is 35.6. The van der Waals surface area contributed by atoms with Crippen LogP contribution in [0.25, 0.3) is 0 Å². The van der Waals surface area contributed by atoms with Gasteiger partial charge in [0.15, 0.2) is 0 Å². The summed E-state index contributed by atoms with van der Waals surface area (Å²) in [5.41, 5.74) is 3.86. The SMILES string of the molecule is Cc1cccc(CC(=O)Nc2ccc(N3CCC(c4nnc(NC(=O)Cc5ccccn5)s4)CC3)cn2)c1. The number of anilines is 3. The predicted octanol–water partition coefficient (Wildman–Crippen LogP) is 4.38. The maximum Gasteiger partial charge on any atom is 0.232 e. The Morgan fingerprint density at radius 2 is 1.79 bits per heavy atom. The Hall–Kier alpha value is -4.18. The molecule has 2 amide bonds. The molecule has 1 fully saturated rings. The molecule has 0 saturated carbocycles. The van der Waals surface area contributed by atoms with E-state index in [4.69, 9.17) is 0 Å². The molecule has 3 aromatic heterocycles. The van der Waals surface area contributed by atoms with Gasteiger partial charge in [-0.3, -0.25) is 14.6 Å². The highest BCUT2D eigenvalue weighted by Crippen LogP contribution is 2.33. The zero-order chi connectivity index (χ0) is 26.3. The summed E-state index contributed by atoms with van der Waals surface area (Å²) in [6, 6.07) is 17.3. The fraction of sp³-hybridized carbons (Fsp3) is 0.286. The van der Waals surface area contributed by atoms with E-state index in [2.05, 4.69) is 35.7 Å². The Balaban J connectivity index is 1.09. The molecule has 10 heteroatoms. The predicted molar refractivity (Wildman–Crippen MR) is 148 cm³/mol. The van der Waals surface area contributed by atoms with Crippen molar-refractivity contribution >= 4 is 39.8 Å². The van der Waals surface area contributed by atoms with E-state index in [9.17, 15) is 9.59 Å². The molecule has 1 saturated heterocycles. The van der Waals surface area contributed by atoms with Gasteiger partial charge in [-0.15, -0.1) is 10.2 Å². The first-order valence-electron chi connectivity index (χ1n) is 12.6. The van der Waals surface area contributed by atoms with Gasteiger partial charge in [-0.05, 0) is 49.6 Å². The summed E-state index contributed by atoms with van der Waals surface area (Å²) >= 11 is 1.44. The minimum Gasteiger partial charge on any atom is -0.370 e. The normalized spacial score (nSPS) is 13.8. The molecule has 4 heterocycles. The van der Waals surface area contributed by atoms with E-state index in [1.165, 1.54) is 11.3 Å². The molecule has 0 atom stereocenters. The van der Waals surface area contributed by atoms with Crippen molar-refractivity contribution in [2.24, 2.45) is 0 Å². The summed E-state index contributed by atoms with van der Waals surface area (Å²) in [5, 5.41) is 15.7. The number of aryl methyl sites for hydroxylation is 1. The Morgan fingerprint density at radius 1 is 0.947 bits per heavy atom. The number of carbonyl (C=O) groups excluding carboxylic acids is 2. The minimum atomic E-state index is -0.150. The molecule has 4 aromatic rings.